The number of hydrazone groups is 1. The van der Waals surface area contributed by atoms with Crippen LogP contribution in [-0.4, -0.2) is 33.6 Å². The fourth-order valence-corrected chi connectivity index (χ4v) is 1.35. The van der Waals surface area contributed by atoms with Gasteiger partial charge in [0.15, 0.2) is 0 Å². The summed E-state index contributed by atoms with van der Waals surface area (Å²) in [6.07, 6.45) is -5.74. The maximum Gasteiger partial charge on any atom is 0.438 e. The average Bonchev–Trinajstić information content (AvgIpc) is 2.40. The summed E-state index contributed by atoms with van der Waals surface area (Å²) in [4.78, 5) is 11.2. The van der Waals surface area contributed by atoms with E-state index in [1.165, 1.54) is 13.8 Å². The highest BCUT2D eigenvalue weighted by molar-refractivity contribution is 5.88. The molecule has 0 fully saturated rings. The van der Waals surface area contributed by atoms with Gasteiger partial charge in [-0.2, -0.15) is 23.3 Å². The van der Waals surface area contributed by atoms with E-state index in [2.05, 4.69) is 5.10 Å². The van der Waals surface area contributed by atoms with E-state index in [0.29, 0.717) is 0 Å². The monoisotopic (exact) mass is 224 g/mol. The lowest BCUT2D eigenvalue weighted by molar-refractivity contribution is -0.302. The van der Waals surface area contributed by atoms with E-state index in [1.807, 2.05) is 0 Å². The van der Waals surface area contributed by atoms with Crippen molar-refractivity contribution in [2.75, 3.05) is 0 Å². The van der Waals surface area contributed by atoms with Crippen LogP contribution in [0, 0.1) is 0 Å². The number of hydrogen-bond donors (Lipinski definition) is 1. The Labute approximate surface area is 84.4 Å². The van der Waals surface area contributed by atoms with Crippen molar-refractivity contribution < 1.29 is 23.1 Å². The average molecular weight is 224 g/mol. The molecule has 1 heterocycles. The first kappa shape index (κ1) is 12.0. The summed E-state index contributed by atoms with van der Waals surface area (Å²) in [5.74, 6) is -0.855. The second-order valence-corrected chi connectivity index (χ2v) is 3.39. The zero-order valence-corrected chi connectivity index (χ0v) is 8.30. The van der Waals surface area contributed by atoms with Crippen LogP contribution < -0.4 is 0 Å². The summed E-state index contributed by atoms with van der Waals surface area (Å²) >= 11 is 0. The van der Waals surface area contributed by atoms with Gasteiger partial charge in [0.25, 0.3) is 5.72 Å². The number of carbonyl (C=O) groups is 1. The van der Waals surface area contributed by atoms with Gasteiger partial charge in [0, 0.05) is 18.6 Å². The highest BCUT2D eigenvalue weighted by atomic mass is 19.4. The first-order valence-corrected chi connectivity index (χ1v) is 4.38. The Morgan fingerprint density at radius 1 is 1.67 bits per heavy atom. The molecule has 0 spiro atoms. The largest absolute Gasteiger partial charge is 0.438 e. The number of amides is 1. The molecule has 0 aromatic heterocycles. The number of hydrogen-bond acceptors (Lipinski definition) is 3. The van der Waals surface area contributed by atoms with Crippen molar-refractivity contribution in [3.05, 3.63) is 0 Å². The van der Waals surface area contributed by atoms with Crippen molar-refractivity contribution in [1.82, 2.24) is 5.01 Å². The maximum atomic E-state index is 12.5. The van der Waals surface area contributed by atoms with Crippen LogP contribution in [0.4, 0.5) is 13.2 Å². The minimum absolute atomic E-state index is 0.0802. The molecule has 1 rings (SSSR count). The van der Waals surface area contributed by atoms with E-state index in [0.717, 1.165) is 0 Å². The second-order valence-electron chi connectivity index (χ2n) is 3.39. The van der Waals surface area contributed by atoms with Crippen LogP contribution in [0.2, 0.25) is 0 Å². The van der Waals surface area contributed by atoms with Gasteiger partial charge in [-0.15, -0.1) is 0 Å². The molecule has 0 saturated heterocycles. The predicted octanol–water partition coefficient (Wildman–Crippen LogP) is 1.26. The molecule has 0 radical (unpaired) electrons. The molecule has 1 amide bonds. The summed E-state index contributed by atoms with van der Waals surface area (Å²) in [5.41, 5.74) is -3.10. The van der Waals surface area contributed by atoms with Crippen LogP contribution in [0.1, 0.15) is 26.7 Å². The smallest absolute Gasteiger partial charge is 0.362 e. The molecule has 1 aliphatic rings. The molecule has 1 atom stereocenters. The second kappa shape index (κ2) is 3.48. The van der Waals surface area contributed by atoms with Crippen molar-refractivity contribution >= 4 is 11.6 Å². The number of nitrogens with zero attached hydrogens (tertiary/aromatic N) is 2. The van der Waals surface area contributed by atoms with Gasteiger partial charge in [0.05, 0.1) is 0 Å². The van der Waals surface area contributed by atoms with Gasteiger partial charge in [0.2, 0.25) is 5.91 Å². The minimum atomic E-state index is -4.90. The standard InChI is InChI=1S/C8H11F3N2O2/c1-3-6(14)13-7(15,8(9,10)11)4-5(2)12-13/h15H,3-4H2,1-2H3/t7-/m0/s1. The molecular formula is C8H11F3N2O2. The maximum absolute atomic E-state index is 12.5. The predicted molar refractivity (Wildman–Crippen MR) is 45.9 cm³/mol. The van der Waals surface area contributed by atoms with Gasteiger partial charge >= 0.3 is 6.18 Å². The van der Waals surface area contributed by atoms with E-state index < -0.39 is 24.2 Å². The van der Waals surface area contributed by atoms with Crippen LogP contribution in [-0.2, 0) is 4.79 Å². The SMILES string of the molecule is CCC(=O)N1N=C(C)C[C@]1(O)C(F)(F)F. The van der Waals surface area contributed by atoms with Crippen LogP contribution in [0.25, 0.3) is 0 Å². The van der Waals surface area contributed by atoms with E-state index in [1.54, 1.807) is 0 Å². The molecule has 0 unspecified atom stereocenters. The zero-order chi connectivity index (χ0) is 11.9. The van der Waals surface area contributed by atoms with Crippen LogP contribution >= 0.6 is 0 Å². The lowest BCUT2D eigenvalue weighted by atomic mass is 10.1. The summed E-state index contributed by atoms with van der Waals surface area (Å²) in [6, 6.07) is 0. The number of alkyl halides is 3. The summed E-state index contributed by atoms with van der Waals surface area (Å²) < 4.78 is 37.6. The van der Waals surface area contributed by atoms with Crippen molar-refractivity contribution in [1.29, 1.82) is 0 Å². The third kappa shape index (κ3) is 1.83. The zero-order valence-electron chi connectivity index (χ0n) is 8.30. The molecule has 0 aliphatic carbocycles. The fourth-order valence-electron chi connectivity index (χ4n) is 1.35. The lowest BCUT2D eigenvalue weighted by Gasteiger charge is -2.32. The highest BCUT2D eigenvalue weighted by Gasteiger charge is 2.62. The molecule has 0 saturated carbocycles. The molecule has 1 aliphatic heterocycles. The molecule has 4 nitrogen and oxygen atoms in total. The number of carbonyl (C=O) groups excluding carboxylic acids is 1. The Morgan fingerprint density at radius 2 is 2.20 bits per heavy atom. The normalized spacial score (nSPS) is 26.8. The van der Waals surface area contributed by atoms with Crippen LogP contribution in [0.15, 0.2) is 5.10 Å². The quantitative estimate of drug-likeness (QED) is 0.728. The highest BCUT2D eigenvalue weighted by Crippen LogP contribution is 2.40. The molecular weight excluding hydrogens is 213 g/mol. The Balaban J connectivity index is 3.07. The summed E-state index contributed by atoms with van der Waals surface area (Å²) in [5, 5.41) is 13.0. The molecule has 7 heteroatoms. The van der Waals surface area contributed by atoms with E-state index in [9.17, 15) is 23.1 Å². The third-order valence-electron chi connectivity index (χ3n) is 2.12. The Kier molecular flexibility index (Phi) is 2.77. The number of halogens is 3. The van der Waals surface area contributed by atoms with Crippen molar-refractivity contribution in [3.8, 4) is 0 Å². The molecule has 1 N–H and O–H groups in total. The number of aliphatic hydroxyl groups is 1. The van der Waals surface area contributed by atoms with Crippen LogP contribution in [0.3, 0.4) is 0 Å². The molecule has 0 bridgehead atoms. The number of rotatable bonds is 1. The third-order valence-corrected chi connectivity index (χ3v) is 2.12. The molecule has 15 heavy (non-hydrogen) atoms. The Bertz CT molecular complexity index is 313. The topological polar surface area (TPSA) is 52.9 Å². The van der Waals surface area contributed by atoms with Gasteiger partial charge < -0.3 is 5.11 Å². The molecule has 86 valence electrons. The molecule has 0 aromatic rings. The van der Waals surface area contributed by atoms with Crippen molar-refractivity contribution in [3.63, 3.8) is 0 Å². The first-order chi connectivity index (χ1) is 6.72. The Morgan fingerprint density at radius 3 is 2.60 bits per heavy atom. The van der Waals surface area contributed by atoms with Gasteiger partial charge in [0.1, 0.15) is 0 Å². The van der Waals surface area contributed by atoms with E-state index >= 15 is 0 Å². The summed E-state index contributed by atoms with van der Waals surface area (Å²) in [7, 11) is 0. The van der Waals surface area contributed by atoms with Crippen LogP contribution in [0.5, 0.6) is 0 Å². The first-order valence-electron chi connectivity index (χ1n) is 4.38. The van der Waals surface area contributed by atoms with E-state index in [4.69, 9.17) is 0 Å². The van der Waals surface area contributed by atoms with Gasteiger partial charge in [-0.05, 0) is 6.92 Å². The summed E-state index contributed by atoms with van der Waals surface area (Å²) in [6.45, 7) is 2.74. The minimum Gasteiger partial charge on any atom is -0.362 e. The van der Waals surface area contributed by atoms with Crippen molar-refractivity contribution in [2.24, 2.45) is 5.10 Å². The van der Waals surface area contributed by atoms with Gasteiger partial charge in [-0.1, -0.05) is 6.92 Å². The molecule has 0 aromatic carbocycles. The lowest BCUT2D eigenvalue weighted by Crippen LogP contribution is -2.56. The van der Waals surface area contributed by atoms with E-state index in [-0.39, 0.29) is 17.1 Å². The van der Waals surface area contributed by atoms with Gasteiger partial charge in [-0.3, -0.25) is 4.79 Å². The fraction of sp³-hybridized carbons (Fsp3) is 0.750. The van der Waals surface area contributed by atoms with Gasteiger partial charge in [-0.25, -0.2) is 0 Å². The Hall–Kier alpha value is -1.11. The van der Waals surface area contributed by atoms with Crippen molar-refractivity contribution in [2.45, 2.75) is 38.6 Å².